The molecule has 2 nitrogen and oxygen atoms in total. The first-order chi connectivity index (χ1) is 6.38. The van der Waals surface area contributed by atoms with Crippen molar-refractivity contribution in [3.63, 3.8) is 0 Å². The van der Waals surface area contributed by atoms with Gasteiger partial charge in [0, 0.05) is 18.0 Å². The van der Waals surface area contributed by atoms with Gasteiger partial charge in [-0.15, -0.1) is 0 Å². The van der Waals surface area contributed by atoms with Crippen LogP contribution in [0, 0.1) is 5.41 Å². The predicted octanol–water partition coefficient (Wildman–Crippen LogP) is 3.19. The highest BCUT2D eigenvalue weighted by Crippen LogP contribution is 2.15. The van der Waals surface area contributed by atoms with Gasteiger partial charge < -0.3 is 5.41 Å². The predicted molar refractivity (Wildman–Crippen MR) is 57.4 cm³/mol. The van der Waals surface area contributed by atoms with Crippen LogP contribution in [0.2, 0.25) is 0 Å². The third-order valence-electron chi connectivity index (χ3n) is 1.74. The molecule has 0 spiro atoms. The van der Waals surface area contributed by atoms with Crippen LogP contribution in [0.3, 0.4) is 0 Å². The maximum atomic E-state index is 7.17. The summed E-state index contributed by atoms with van der Waals surface area (Å²) >= 11 is 0. The minimum Gasteiger partial charge on any atom is -0.308 e. The van der Waals surface area contributed by atoms with Crippen molar-refractivity contribution in [1.82, 2.24) is 0 Å². The van der Waals surface area contributed by atoms with E-state index < -0.39 is 0 Å². The van der Waals surface area contributed by atoms with Gasteiger partial charge in [-0.2, -0.15) is 0 Å². The summed E-state index contributed by atoms with van der Waals surface area (Å²) < 4.78 is 0. The van der Waals surface area contributed by atoms with Crippen LogP contribution in [-0.4, -0.2) is 12.4 Å². The molecule has 2 heteroatoms. The van der Waals surface area contributed by atoms with Gasteiger partial charge in [0.1, 0.15) is 0 Å². The van der Waals surface area contributed by atoms with Crippen LogP contribution in [0.4, 0.5) is 5.69 Å². The van der Waals surface area contributed by atoms with Gasteiger partial charge in [0.15, 0.2) is 0 Å². The highest BCUT2D eigenvalue weighted by atomic mass is 14.7. The summed E-state index contributed by atoms with van der Waals surface area (Å²) in [5.41, 5.74) is 1.75. The lowest BCUT2D eigenvalue weighted by molar-refractivity contribution is 1.01. The largest absolute Gasteiger partial charge is 0.308 e. The Hall–Kier alpha value is -1.44. The van der Waals surface area contributed by atoms with Crippen LogP contribution in [-0.2, 0) is 0 Å². The van der Waals surface area contributed by atoms with E-state index in [2.05, 4.69) is 11.9 Å². The molecule has 1 N–H and O–H groups in total. The third-order valence-corrected chi connectivity index (χ3v) is 1.74. The average Bonchev–Trinajstić information content (AvgIpc) is 2.19. The second-order valence-corrected chi connectivity index (χ2v) is 2.80. The molecule has 0 aliphatic rings. The quantitative estimate of drug-likeness (QED) is 0.680. The lowest BCUT2D eigenvalue weighted by Gasteiger charge is -1.97. The van der Waals surface area contributed by atoms with Gasteiger partial charge in [0.25, 0.3) is 0 Å². The van der Waals surface area contributed by atoms with Gasteiger partial charge in [0.05, 0.1) is 5.69 Å². The van der Waals surface area contributed by atoms with Crippen LogP contribution < -0.4 is 0 Å². The van der Waals surface area contributed by atoms with Crippen molar-refractivity contribution in [3.8, 4) is 0 Å². The van der Waals surface area contributed by atoms with Crippen molar-refractivity contribution in [2.75, 3.05) is 0 Å². The van der Waals surface area contributed by atoms with Gasteiger partial charge in [-0.3, -0.25) is 4.99 Å². The fourth-order valence-corrected chi connectivity index (χ4v) is 1.02. The van der Waals surface area contributed by atoms with Crippen molar-refractivity contribution >= 4 is 18.1 Å². The first kappa shape index (κ1) is 9.65. The van der Waals surface area contributed by atoms with Gasteiger partial charge in [-0.1, -0.05) is 31.5 Å². The maximum absolute atomic E-state index is 7.17. The van der Waals surface area contributed by atoms with E-state index >= 15 is 0 Å². The molecule has 0 unspecified atom stereocenters. The third kappa shape index (κ3) is 2.82. The molecular weight excluding hydrogens is 160 g/mol. The summed E-state index contributed by atoms with van der Waals surface area (Å²) in [6.45, 7) is 2.12. The summed E-state index contributed by atoms with van der Waals surface area (Å²) in [6, 6.07) is 7.67. The average molecular weight is 174 g/mol. The number of hydrogen-bond donors (Lipinski definition) is 1. The molecule has 0 radical (unpaired) electrons. The Morgan fingerprint density at radius 2 is 2.15 bits per heavy atom. The lowest BCUT2D eigenvalue weighted by atomic mass is 10.2. The van der Waals surface area contributed by atoms with Crippen molar-refractivity contribution < 1.29 is 0 Å². The molecule has 0 heterocycles. The summed E-state index contributed by atoms with van der Waals surface area (Å²) in [6.07, 6.45) is 5.34. The summed E-state index contributed by atoms with van der Waals surface area (Å²) in [4.78, 5) is 4.29. The number of nitrogens with one attached hydrogen (secondary N) is 1. The van der Waals surface area contributed by atoms with Gasteiger partial charge in [-0.05, 0) is 12.5 Å². The van der Waals surface area contributed by atoms with Gasteiger partial charge in [-0.25, -0.2) is 0 Å². The molecule has 0 saturated heterocycles. The maximum Gasteiger partial charge on any atom is 0.0713 e. The second kappa shape index (κ2) is 5.25. The molecule has 1 aromatic rings. The van der Waals surface area contributed by atoms with Crippen molar-refractivity contribution in [1.29, 1.82) is 5.41 Å². The fourth-order valence-electron chi connectivity index (χ4n) is 1.02. The van der Waals surface area contributed by atoms with Crippen LogP contribution >= 0.6 is 0 Å². The molecule has 1 rings (SSSR count). The first-order valence-electron chi connectivity index (χ1n) is 4.50. The molecule has 68 valence electrons. The van der Waals surface area contributed by atoms with E-state index in [1.165, 1.54) is 6.21 Å². The Morgan fingerprint density at radius 1 is 1.38 bits per heavy atom. The van der Waals surface area contributed by atoms with Crippen LogP contribution in [0.1, 0.15) is 25.3 Å². The van der Waals surface area contributed by atoms with E-state index in [0.29, 0.717) is 0 Å². The van der Waals surface area contributed by atoms with Crippen molar-refractivity contribution in [3.05, 3.63) is 29.8 Å². The van der Waals surface area contributed by atoms with Crippen molar-refractivity contribution in [2.45, 2.75) is 19.8 Å². The molecule has 0 amide bonds. The molecule has 0 aromatic heterocycles. The molecule has 0 fully saturated rings. The Kier molecular flexibility index (Phi) is 3.89. The number of benzene rings is 1. The normalized spacial score (nSPS) is 10.5. The number of unbranched alkanes of at least 4 members (excludes halogenated alkanes) is 1. The van der Waals surface area contributed by atoms with Gasteiger partial charge >= 0.3 is 0 Å². The minimum atomic E-state index is 0.870. The van der Waals surface area contributed by atoms with Crippen molar-refractivity contribution in [2.24, 2.45) is 4.99 Å². The molecule has 1 aromatic carbocycles. The molecule has 13 heavy (non-hydrogen) atoms. The van der Waals surface area contributed by atoms with E-state index in [-0.39, 0.29) is 0 Å². The van der Waals surface area contributed by atoms with E-state index in [1.807, 2.05) is 30.5 Å². The minimum absolute atomic E-state index is 0.870. The Bertz CT molecular complexity index is 303. The first-order valence-corrected chi connectivity index (χ1v) is 4.50. The molecule has 0 atom stereocenters. The SMILES string of the molecule is CCCC=Nc1ccccc1C=N. The Balaban J connectivity index is 2.80. The Labute approximate surface area is 78.8 Å². The van der Waals surface area contributed by atoms with Crippen LogP contribution in [0.25, 0.3) is 0 Å². The zero-order chi connectivity index (χ0) is 9.52. The van der Waals surface area contributed by atoms with E-state index in [4.69, 9.17) is 5.41 Å². The fraction of sp³-hybridized carbons (Fsp3) is 0.273. The zero-order valence-electron chi connectivity index (χ0n) is 7.83. The molecule has 0 aliphatic carbocycles. The lowest BCUT2D eigenvalue weighted by Crippen LogP contribution is -1.80. The Morgan fingerprint density at radius 3 is 2.85 bits per heavy atom. The monoisotopic (exact) mass is 174 g/mol. The number of hydrogen-bond acceptors (Lipinski definition) is 2. The highest BCUT2D eigenvalue weighted by Gasteiger charge is 1.93. The van der Waals surface area contributed by atoms with E-state index in [9.17, 15) is 0 Å². The zero-order valence-corrected chi connectivity index (χ0v) is 7.83. The molecular formula is C11H14N2. The topological polar surface area (TPSA) is 36.2 Å². The van der Waals surface area contributed by atoms with Gasteiger partial charge in [0.2, 0.25) is 0 Å². The number of nitrogens with zero attached hydrogens (tertiary/aromatic N) is 1. The molecule has 0 bridgehead atoms. The summed E-state index contributed by atoms with van der Waals surface area (Å²) in [5.74, 6) is 0. The van der Waals surface area contributed by atoms with E-state index in [0.717, 1.165) is 24.1 Å². The standard InChI is InChI=1S/C11H14N2/c1-2-3-8-13-11-7-5-4-6-10(11)9-12/h4-9,12H,2-3H2,1H3. The molecule has 0 aliphatic heterocycles. The second-order valence-electron chi connectivity index (χ2n) is 2.80. The summed E-state index contributed by atoms with van der Waals surface area (Å²) in [5, 5.41) is 7.17. The van der Waals surface area contributed by atoms with Crippen LogP contribution in [0.5, 0.6) is 0 Å². The smallest absolute Gasteiger partial charge is 0.0713 e. The van der Waals surface area contributed by atoms with Crippen LogP contribution in [0.15, 0.2) is 29.3 Å². The highest BCUT2D eigenvalue weighted by molar-refractivity contribution is 5.85. The van der Waals surface area contributed by atoms with E-state index in [1.54, 1.807) is 0 Å². The number of para-hydroxylation sites is 1. The summed E-state index contributed by atoms with van der Waals surface area (Å²) in [7, 11) is 0. The number of rotatable bonds is 4. The molecule has 0 saturated carbocycles. The number of aliphatic imine (C=N–C) groups is 1.